The molecule has 2 N–H and O–H groups in total. The van der Waals surface area contributed by atoms with Gasteiger partial charge in [-0.05, 0) is 18.6 Å². The van der Waals surface area contributed by atoms with Crippen molar-refractivity contribution in [3.05, 3.63) is 33.6 Å². The van der Waals surface area contributed by atoms with Crippen LogP contribution in [0.15, 0.2) is 16.7 Å². The lowest BCUT2D eigenvalue weighted by molar-refractivity contribution is 0.317. The van der Waals surface area contributed by atoms with Crippen molar-refractivity contribution in [3.8, 4) is 0 Å². The van der Waals surface area contributed by atoms with E-state index in [9.17, 15) is 0 Å². The van der Waals surface area contributed by atoms with E-state index in [1.165, 1.54) is 4.88 Å². The van der Waals surface area contributed by atoms with Crippen molar-refractivity contribution in [1.29, 1.82) is 0 Å². The summed E-state index contributed by atoms with van der Waals surface area (Å²) in [5.74, 6) is 1.18. The third kappa shape index (κ3) is 2.62. The monoisotopic (exact) mass is 265 g/mol. The summed E-state index contributed by atoms with van der Waals surface area (Å²) in [6.45, 7) is 8.25. The Morgan fingerprint density at radius 3 is 2.61 bits per heavy atom. The summed E-state index contributed by atoms with van der Waals surface area (Å²) < 4.78 is 5.27. The van der Waals surface area contributed by atoms with Gasteiger partial charge in [0.1, 0.15) is 6.04 Å². The number of aryl methyl sites for hydroxylation is 1. The van der Waals surface area contributed by atoms with Crippen LogP contribution in [0.1, 0.15) is 55.2 Å². The second-order valence-corrected chi connectivity index (χ2v) is 6.54. The first-order valence-electron chi connectivity index (χ1n) is 6.10. The smallest absolute Gasteiger partial charge is 0.232 e. The molecule has 2 rings (SSSR count). The Bertz CT molecular complexity index is 524. The fourth-order valence-corrected chi connectivity index (χ4v) is 2.50. The zero-order chi connectivity index (χ0) is 13.3. The molecule has 5 heteroatoms. The molecule has 2 heterocycles. The zero-order valence-electron chi connectivity index (χ0n) is 11.2. The van der Waals surface area contributed by atoms with E-state index in [2.05, 4.69) is 23.1 Å². The summed E-state index contributed by atoms with van der Waals surface area (Å²) in [6, 6.07) is 3.85. The van der Waals surface area contributed by atoms with Gasteiger partial charge in [-0.15, -0.1) is 11.3 Å². The molecule has 0 aliphatic heterocycles. The topological polar surface area (TPSA) is 64.9 Å². The fraction of sp³-hybridized carbons (Fsp3) is 0.538. The summed E-state index contributed by atoms with van der Waals surface area (Å²) >= 11 is 1.71. The molecule has 0 spiro atoms. The predicted octanol–water partition coefficient (Wildman–Crippen LogP) is 3.04. The van der Waals surface area contributed by atoms with E-state index in [4.69, 9.17) is 10.3 Å². The molecular weight excluding hydrogens is 246 g/mol. The van der Waals surface area contributed by atoms with E-state index < -0.39 is 0 Å². The fourth-order valence-electron chi connectivity index (χ4n) is 1.54. The number of aromatic nitrogens is 2. The van der Waals surface area contributed by atoms with Crippen LogP contribution in [0.25, 0.3) is 0 Å². The Labute approximate surface area is 111 Å². The normalized spacial score (nSPS) is 13.8. The van der Waals surface area contributed by atoms with Crippen LogP contribution in [0.5, 0.6) is 0 Å². The number of thiophene rings is 1. The molecule has 2 aromatic rings. The van der Waals surface area contributed by atoms with Crippen molar-refractivity contribution < 1.29 is 4.52 Å². The highest BCUT2D eigenvalue weighted by Gasteiger charge is 2.24. The number of hydrogen-bond donors (Lipinski definition) is 1. The van der Waals surface area contributed by atoms with Crippen LogP contribution in [-0.4, -0.2) is 10.1 Å². The Hall–Kier alpha value is -1.20. The van der Waals surface area contributed by atoms with Crippen molar-refractivity contribution in [2.75, 3.05) is 0 Å². The maximum Gasteiger partial charge on any atom is 0.232 e. The van der Waals surface area contributed by atoms with Crippen molar-refractivity contribution >= 4 is 11.3 Å². The highest BCUT2D eigenvalue weighted by atomic mass is 32.1. The van der Waals surface area contributed by atoms with Crippen molar-refractivity contribution in [2.45, 2.75) is 45.6 Å². The van der Waals surface area contributed by atoms with E-state index in [1.54, 1.807) is 11.3 Å². The zero-order valence-corrected chi connectivity index (χ0v) is 12.0. The van der Waals surface area contributed by atoms with Gasteiger partial charge in [-0.3, -0.25) is 0 Å². The minimum atomic E-state index is -0.296. The van der Waals surface area contributed by atoms with Crippen molar-refractivity contribution in [2.24, 2.45) is 5.73 Å². The van der Waals surface area contributed by atoms with Crippen LogP contribution in [-0.2, 0) is 11.8 Å². The van der Waals surface area contributed by atoms with Crippen LogP contribution in [0.2, 0.25) is 0 Å². The molecule has 0 saturated carbocycles. The van der Waals surface area contributed by atoms with Crippen LogP contribution in [0.4, 0.5) is 0 Å². The molecule has 0 aliphatic carbocycles. The molecule has 1 unspecified atom stereocenters. The second-order valence-electron chi connectivity index (χ2n) is 5.34. The molecule has 98 valence electrons. The maximum absolute atomic E-state index is 6.17. The van der Waals surface area contributed by atoms with Crippen LogP contribution < -0.4 is 5.73 Å². The minimum Gasteiger partial charge on any atom is -0.339 e. The number of rotatable bonds is 3. The van der Waals surface area contributed by atoms with Gasteiger partial charge >= 0.3 is 0 Å². The van der Waals surface area contributed by atoms with Gasteiger partial charge in [0.25, 0.3) is 0 Å². The molecule has 4 nitrogen and oxygen atoms in total. The Morgan fingerprint density at radius 1 is 1.39 bits per heavy atom. The first-order valence-corrected chi connectivity index (χ1v) is 6.91. The van der Waals surface area contributed by atoms with Gasteiger partial charge in [-0.2, -0.15) is 4.98 Å². The molecule has 2 aromatic heterocycles. The highest BCUT2D eigenvalue weighted by Crippen LogP contribution is 2.27. The van der Waals surface area contributed by atoms with Crippen LogP contribution in [0.3, 0.4) is 0 Å². The highest BCUT2D eigenvalue weighted by molar-refractivity contribution is 7.12. The molecule has 0 saturated heterocycles. The lowest BCUT2D eigenvalue weighted by atomic mass is 9.97. The molecular formula is C13H19N3OS. The molecule has 0 fully saturated rings. The van der Waals surface area contributed by atoms with Crippen molar-refractivity contribution in [3.63, 3.8) is 0 Å². The van der Waals surface area contributed by atoms with E-state index in [0.29, 0.717) is 11.7 Å². The van der Waals surface area contributed by atoms with Gasteiger partial charge in [-0.25, -0.2) is 0 Å². The number of hydrogen-bond acceptors (Lipinski definition) is 5. The molecule has 0 bridgehead atoms. The van der Waals surface area contributed by atoms with E-state index in [1.807, 2.05) is 26.8 Å². The third-order valence-corrected chi connectivity index (χ3v) is 4.01. The van der Waals surface area contributed by atoms with Crippen LogP contribution in [0, 0.1) is 0 Å². The minimum absolute atomic E-state index is 0.144. The van der Waals surface area contributed by atoms with E-state index in [-0.39, 0.29) is 11.5 Å². The largest absolute Gasteiger partial charge is 0.339 e. The average molecular weight is 265 g/mol. The van der Waals surface area contributed by atoms with Crippen molar-refractivity contribution in [1.82, 2.24) is 10.1 Å². The lowest BCUT2D eigenvalue weighted by Gasteiger charge is -2.10. The molecule has 0 aliphatic rings. The SMILES string of the molecule is CCc1ccc(C(N)c2noc(C(C)(C)C)n2)s1. The quantitative estimate of drug-likeness (QED) is 0.926. The lowest BCUT2D eigenvalue weighted by Crippen LogP contribution is -2.14. The summed E-state index contributed by atoms with van der Waals surface area (Å²) in [7, 11) is 0. The average Bonchev–Trinajstić information content (AvgIpc) is 2.96. The number of nitrogens with two attached hydrogens (primary N) is 1. The summed E-state index contributed by atoms with van der Waals surface area (Å²) in [5.41, 5.74) is 6.02. The number of nitrogens with zero attached hydrogens (tertiary/aromatic N) is 2. The van der Waals surface area contributed by atoms with E-state index >= 15 is 0 Å². The molecule has 0 aromatic carbocycles. The van der Waals surface area contributed by atoms with Gasteiger partial charge in [0.15, 0.2) is 5.82 Å². The summed E-state index contributed by atoms with van der Waals surface area (Å²) in [6.07, 6.45) is 1.02. The summed E-state index contributed by atoms with van der Waals surface area (Å²) in [5, 5.41) is 3.99. The van der Waals surface area contributed by atoms with Gasteiger partial charge in [0.05, 0.1) is 0 Å². The molecule has 0 amide bonds. The van der Waals surface area contributed by atoms with Gasteiger partial charge in [0, 0.05) is 15.2 Å². The van der Waals surface area contributed by atoms with Gasteiger partial charge in [0.2, 0.25) is 5.89 Å². The third-order valence-electron chi connectivity index (χ3n) is 2.70. The van der Waals surface area contributed by atoms with E-state index in [0.717, 1.165) is 11.3 Å². The van der Waals surface area contributed by atoms with Gasteiger partial charge in [-0.1, -0.05) is 32.9 Å². The van der Waals surface area contributed by atoms with Crippen LogP contribution >= 0.6 is 11.3 Å². The molecule has 0 radical (unpaired) electrons. The van der Waals surface area contributed by atoms with Gasteiger partial charge < -0.3 is 10.3 Å². The first kappa shape index (κ1) is 13.2. The molecule has 1 atom stereocenters. The first-order chi connectivity index (χ1) is 8.41. The summed E-state index contributed by atoms with van der Waals surface area (Å²) in [4.78, 5) is 6.79. The Morgan fingerprint density at radius 2 is 2.11 bits per heavy atom. The predicted molar refractivity (Wildman–Crippen MR) is 72.7 cm³/mol. The maximum atomic E-state index is 6.17. The second kappa shape index (κ2) is 4.82. The Kier molecular flexibility index (Phi) is 3.54. The standard InChI is InChI=1S/C13H19N3OS/c1-5-8-6-7-9(18-8)10(14)11-15-12(17-16-11)13(2,3)4/h6-7,10H,5,14H2,1-4H3. The Balaban J connectivity index is 2.23. The molecule has 18 heavy (non-hydrogen) atoms.